The summed E-state index contributed by atoms with van der Waals surface area (Å²) in [5.41, 5.74) is 2.85. The van der Waals surface area contributed by atoms with E-state index in [-0.39, 0.29) is 10.3 Å². The lowest BCUT2D eigenvalue weighted by atomic mass is 9.71. The van der Waals surface area contributed by atoms with Crippen LogP contribution in [0.15, 0.2) is 70.0 Å². The van der Waals surface area contributed by atoms with Gasteiger partial charge in [-0.05, 0) is 65.3 Å². The lowest BCUT2D eigenvalue weighted by molar-refractivity contribution is 0.210. The van der Waals surface area contributed by atoms with Crippen LogP contribution >= 0.6 is 0 Å². The largest absolute Gasteiger partial charge is 0.461 e. The minimum Gasteiger partial charge on any atom is -0.461 e. The predicted molar refractivity (Wildman–Crippen MR) is 126 cm³/mol. The fraction of sp³-hybridized carbons (Fsp3) is 0.308. The average Bonchev–Trinajstić information content (AvgIpc) is 3.10. The van der Waals surface area contributed by atoms with Gasteiger partial charge in [-0.3, -0.25) is 4.72 Å². The van der Waals surface area contributed by atoms with E-state index in [1.54, 1.807) is 18.2 Å². The number of nitrogens with one attached hydrogen (secondary N) is 1. The molecule has 4 aromatic rings. The van der Waals surface area contributed by atoms with Crippen molar-refractivity contribution in [1.29, 1.82) is 0 Å². The molecule has 1 N–H and O–H groups in total. The maximum absolute atomic E-state index is 13.1. The summed E-state index contributed by atoms with van der Waals surface area (Å²) in [6, 6.07) is 18.5. The third-order valence-electron chi connectivity index (χ3n) is 6.55. The molecule has 160 valence electrons. The van der Waals surface area contributed by atoms with E-state index in [1.807, 2.05) is 42.5 Å². The van der Waals surface area contributed by atoms with Crippen molar-refractivity contribution in [2.45, 2.75) is 44.9 Å². The number of rotatable bonds is 3. The fourth-order valence-electron chi connectivity index (χ4n) is 4.63. The number of fused-ring (bicyclic) bond motifs is 4. The van der Waals surface area contributed by atoms with E-state index >= 15 is 0 Å². The summed E-state index contributed by atoms with van der Waals surface area (Å²) < 4.78 is 35.0. The summed E-state index contributed by atoms with van der Waals surface area (Å²) in [6.07, 6.45) is 3.02. The first kappa shape index (κ1) is 20.1. The maximum Gasteiger partial charge on any atom is 0.261 e. The molecular formula is C26H27NO3S. The molecular weight excluding hydrogens is 406 g/mol. The van der Waals surface area contributed by atoms with Crippen LogP contribution in [0.3, 0.4) is 0 Å². The van der Waals surface area contributed by atoms with Gasteiger partial charge in [0.15, 0.2) is 0 Å². The van der Waals surface area contributed by atoms with Crippen molar-refractivity contribution in [1.82, 2.24) is 0 Å². The Balaban J connectivity index is 1.49. The number of furan rings is 1. The van der Waals surface area contributed by atoms with Gasteiger partial charge in [0, 0.05) is 23.1 Å². The second-order valence-electron chi connectivity index (χ2n) is 9.63. The van der Waals surface area contributed by atoms with Crippen LogP contribution in [0.2, 0.25) is 0 Å². The van der Waals surface area contributed by atoms with Crippen LogP contribution in [0.5, 0.6) is 0 Å². The monoisotopic (exact) mass is 433 g/mol. The molecule has 1 aromatic heterocycles. The van der Waals surface area contributed by atoms with Gasteiger partial charge in [0.1, 0.15) is 11.3 Å². The van der Waals surface area contributed by atoms with Crippen molar-refractivity contribution in [3.63, 3.8) is 0 Å². The molecule has 0 spiro atoms. The molecule has 1 aliphatic carbocycles. The molecule has 0 amide bonds. The molecule has 1 heterocycles. The van der Waals surface area contributed by atoms with Gasteiger partial charge in [-0.1, -0.05) is 51.1 Å². The molecule has 1 unspecified atom stereocenters. The highest BCUT2D eigenvalue weighted by atomic mass is 32.2. The zero-order valence-corrected chi connectivity index (χ0v) is 18.9. The highest BCUT2D eigenvalue weighted by Crippen LogP contribution is 2.41. The summed E-state index contributed by atoms with van der Waals surface area (Å²) in [7, 11) is -3.69. The third kappa shape index (κ3) is 3.72. The number of benzene rings is 3. The maximum atomic E-state index is 13.1. The van der Waals surface area contributed by atoms with Crippen molar-refractivity contribution >= 4 is 37.5 Å². The van der Waals surface area contributed by atoms with Crippen LogP contribution in [0.25, 0.3) is 21.7 Å². The van der Waals surface area contributed by atoms with E-state index < -0.39 is 10.0 Å². The first-order chi connectivity index (χ1) is 14.7. The number of anilines is 1. The normalized spacial score (nSPS) is 17.1. The Labute approximate surface area is 183 Å². The van der Waals surface area contributed by atoms with Crippen LogP contribution in [0.1, 0.15) is 38.5 Å². The molecule has 0 radical (unpaired) electrons. The number of hydrogen-bond acceptors (Lipinski definition) is 3. The molecule has 31 heavy (non-hydrogen) atoms. The lowest BCUT2D eigenvalue weighted by Gasteiger charge is -2.33. The summed E-state index contributed by atoms with van der Waals surface area (Å²) in [6.45, 7) is 6.86. The van der Waals surface area contributed by atoms with E-state index in [4.69, 9.17) is 4.42 Å². The highest BCUT2D eigenvalue weighted by Gasteiger charge is 2.31. The van der Waals surface area contributed by atoms with E-state index in [2.05, 4.69) is 25.5 Å². The molecule has 0 aliphatic heterocycles. The standard InChI is InChI=1S/C26H27NO3S/c1-26(2,3)19-9-12-24-22(15-19)23-16-20(10-13-25(23)30-24)27-31(28,29)21-11-8-17-6-4-5-7-18(17)14-21/h4-8,10-11,13-14,16,19,27H,9,12,15H2,1-3H3. The Bertz CT molecular complexity index is 1390. The van der Waals surface area contributed by atoms with Gasteiger partial charge in [0.2, 0.25) is 0 Å². The summed E-state index contributed by atoms with van der Waals surface area (Å²) >= 11 is 0. The molecule has 5 heteroatoms. The minimum absolute atomic E-state index is 0.233. The Morgan fingerprint density at radius 1 is 0.968 bits per heavy atom. The second kappa shape index (κ2) is 7.13. The van der Waals surface area contributed by atoms with Crippen LogP contribution < -0.4 is 4.72 Å². The van der Waals surface area contributed by atoms with E-state index in [0.717, 1.165) is 46.8 Å². The topological polar surface area (TPSA) is 59.3 Å². The van der Waals surface area contributed by atoms with Gasteiger partial charge in [-0.25, -0.2) is 8.42 Å². The van der Waals surface area contributed by atoms with E-state index in [0.29, 0.717) is 11.6 Å². The molecule has 0 fully saturated rings. The SMILES string of the molecule is CC(C)(C)C1CCc2oc3ccc(NS(=O)(=O)c4ccc5ccccc5c4)cc3c2C1. The number of aryl methyl sites for hydroxylation is 1. The first-order valence-electron chi connectivity index (χ1n) is 10.8. The molecule has 0 saturated heterocycles. The highest BCUT2D eigenvalue weighted by molar-refractivity contribution is 7.92. The van der Waals surface area contributed by atoms with Gasteiger partial charge in [-0.15, -0.1) is 0 Å². The smallest absolute Gasteiger partial charge is 0.261 e. The summed E-state index contributed by atoms with van der Waals surface area (Å²) in [4.78, 5) is 0.258. The van der Waals surface area contributed by atoms with Crippen molar-refractivity contribution in [3.05, 3.63) is 72.0 Å². The van der Waals surface area contributed by atoms with Crippen LogP contribution in [-0.4, -0.2) is 8.42 Å². The molecule has 1 atom stereocenters. The second-order valence-corrected chi connectivity index (χ2v) is 11.3. The molecule has 5 rings (SSSR count). The molecule has 1 aliphatic rings. The van der Waals surface area contributed by atoms with Gasteiger partial charge in [0.05, 0.1) is 4.90 Å². The lowest BCUT2D eigenvalue weighted by Crippen LogP contribution is -2.26. The third-order valence-corrected chi connectivity index (χ3v) is 7.93. The average molecular weight is 434 g/mol. The Morgan fingerprint density at radius 2 is 1.74 bits per heavy atom. The summed E-state index contributed by atoms with van der Waals surface area (Å²) in [5, 5.41) is 2.93. The van der Waals surface area contributed by atoms with Crippen LogP contribution in [-0.2, 0) is 22.9 Å². The van der Waals surface area contributed by atoms with E-state index in [9.17, 15) is 8.42 Å². The zero-order valence-electron chi connectivity index (χ0n) is 18.1. The number of sulfonamides is 1. The van der Waals surface area contributed by atoms with Crippen LogP contribution in [0.4, 0.5) is 5.69 Å². The van der Waals surface area contributed by atoms with Crippen molar-refractivity contribution in [3.8, 4) is 0 Å². The van der Waals surface area contributed by atoms with E-state index in [1.165, 1.54) is 5.56 Å². The van der Waals surface area contributed by atoms with Gasteiger partial charge in [0.25, 0.3) is 10.0 Å². The van der Waals surface area contributed by atoms with Gasteiger partial charge in [-0.2, -0.15) is 0 Å². The minimum atomic E-state index is -3.69. The Hall–Kier alpha value is -2.79. The molecule has 3 aromatic carbocycles. The summed E-state index contributed by atoms with van der Waals surface area (Å²) in [5.74, 6) is 1.63. The van der Waals surface area contributed by atoms with Crippen molar-refractivity contribution in [2.24, 2.45) is 11.3 Å². The van der Waals surface area contributed by atoms with Crippen LogP contribution in [0, 0.1) is 11.3 Å². The van der Waals surface area contributed by atoms with Crippen molar-refractivity contribution < 1.29 is 12.8 Å². The molecule has 0 bridgehead atoms. The fourth-order valence-corrected chi connectivity index (χ4v) is 5.71. The van der Waals surface area contributed by atoms with Crippen molar-refractivity contribution in [2.75, 3.05) is 4.72 Å². The van der Waals surface area contributed by atoms with Gasteiger partial charge < -0.3 is 4.42 Å². The quantitative estimate of drug-likeness (QED) is 0.399. The predicted octanol–water partition coefficient (Wildman–Crippen LogP) is 6.54. The molecule has 4 nitrogen and oxygen atoms in total. The molecule has 0 saturated carbocycles. The zero-order chi connectivity index (χ0) is 21.8. The van der Waals surface area contributed by atoms with Gasteiger partial charge >= 0.3 is 0 Å². The Morgan fingerprint density at radius 3 is 2.52 bits per heavy atom. The number of hydrogen-bond donors (Lipinski definition) is 1. The Kier molecular flexibility index (Phi) is 4.63. The first-order valence-corrected chi connectivity index (χ1v) is 12.2.